The molecule has 0 bridgehead atoms. The molecule has 166 valence electrons. The SMILES string of the molecule is CC(=O)c1ccc(S(=O)(=O)N2CCN(C(=O)c3cc(-c4cccc(Cl)c4)n[nH]3)CC2)cc1. The van der Waals surface area contributed by atoms with Crippen LogP contribution in [-0.4, -0.2) is 65.7 Å². The summed E-state index contributed by atoms with van der Waals surface area (Å²) in [6.45, 7) is 2.30. The van der Waals surface area contributed by atoms with Crippen LogP contribution in [0.3, 0.4) is 0 Å². The first-order valence-corrected chi connectivity index (χ1v) is 11.8. The van der Waals surface area contributed by atoms with Gasteiger partial charge in [-0.3, -0.25) is 14.7 Å². The van der Waals surface area contributed by atoms with Crippen LogP contribution in [0.4, 0.5) is 0 Å². The number of benzene rings is 2. The largest absolute Gasteiger partial charge is 0.335 e. The Morgan fingerprint density at radius 2 is 1.69 bits per heavy atom. The van der Waals surface area contributed by atoms with E-state index in [1.807, 2.05) is 6.07 Å². The molecule has 2 aromatic carbocycles. The van der Waals surface area contributed by atoms with Gasteiger partial charge in [0, 0.05) is 42.3 Å². The molecule has 0 aliphatic carbocycles. The fourth-order valence-electron chi connectivity index (χ4n) is 3.54. The van der Waals surface area contributed by atoms with Crippen molar-refractivity contribution in [3.05, 3.63) is 70.9 Å². The molecular formula is C22H21ClN4O4S. The fourth-order valence-corrected chi connectivity index (χ4v) is 5.15. The molecule has 4 rings (SSSR count). The summed E-state index contributed by atoms with van der Waals surface area (Å²) in [6.07, 6.45) is 0. The molecule has 1 saturated heterocycles. The maximum atomic E-state index is 12.9. The Morgan fingerprint density at radius 1 is 1.00 bits per heavy atom. The summed E-state index contributed by atoms with van der Waals surface area (Å²) in [5.74, 6) is -0.368. The van der Waals surface area contributed by atoms with Crippen molar-refractivity contribution in [1.82, 2.24) is 19.4 Å². The molecule has 2 heterocycles. The number of Topliss-reactive ketones (excluding diaryl/α,β-unsaturated/α-hetero) is 1. The highest BCUT2D eigenvalue weighted by atomic mass is 35.5. The normalized spacial score (nSPS) is 15.0. The Bertz CT molecular complexity index is 1260. The molecule has 1 aliphatic rings. The topological polar surface area (TPSA) is 103 Å². The van der Waals surface area contributed by atoms with Crippen molar-refractivity contribution >= 4 is 33.3 Å². The average molecular weight is 473 g/mol. The van der Waals surface area contributed by atoms with Gasteiger partial charge in [-0.2, -0.15) is 9.40 Å². The lowest BCUT2D eigenvalue weighted by Crippen LogP contribution is -2.50. The summed E-state index contributed by atoms with van der Waals surface area (Å²) in [4.78, 5) is 26.0. The number of piperazine rings is 1. The van der Waals surface area contributed by atoms with Crippen LogP contribution < -0.4 is 0 Å². The Morgan fingerprint density at radius 3 is 2.31 bits per heavy atom. The number of aromatic amines is 1. The highest BCUT2D eigenvalue weighted by Crippen LogP contribution is 2.23. The van der Waals surface area contributed by atoms with Crippen molar-refractivity contribution in [3.63, 3.8) is 0 Å². The summed E-state index contributed by atoms with van der Waals surface area (Å²) in [5, 5.41) is 7.53. The minimum absolute atomic E-state index is 0.126. The number of nitrogens with one attached hydrogen (secondary N) is 1. The zero-order valence-electron chi connectivity index (χ0n) is 17.3. The van der Waals surface area contributed by atoms with Gasteiger partial charge in [0.25, 0.3) is 5.91 Å². The van der Waals surface area contributed by atoms with Crippen molar-refractivity contribution in [3.8, 4) is 11.3 Å². The van der Waals surface area contributed by atoms with E-state index in [0.29, 0.717) is 22.0 Å². The lowest BCUT2D eigenvalue weighted by atomic mass is 10.1. The molecule has 0 unspecified atom stereocenters. The average Bonchev–Trinajstić information content (AvgIpc) is 3.29. The number of halogens is 1. The second kappa shape index (κ2) is 8.85. The van der Waals surface area contributed by atoms with Crippen LogP contribution >= 0.6 is 11.6 Å². The van der Waals surface area contributed by atoms with Crippen LogP contribution in [0, 0.1) is 0 Å². The third kappa shape index (κ3) is 4.45. The second-order valence-corrected chi connectivity index (χ2v) is 9.83. The highest BCUT2D eigenvalue weighted by molar-refractivity contribution is 7.89. The standard InChI is InChI=1S/C22H21ClN4O4S/c1-15(28)16-5-7-19(8-6-16)32(30,31)27-11-9-26(10-12-27)22(29)21-14-20(24-25-21)17-3-2-4-18(23)13-17/h2-8,13-14H,9-12H2,1H3,(H,24,25). The van der Waals surface area contributed by atoms with Crippen LogP contribution in [0.15, 0.2) is 59.5 Å². The van der Waals surface area contributed by atoms with E-state index in [1.165, 1.54) is 35.5 Å². The van der Waals surface area contributed by atoms with Crippen LogP contribution in [0.1, 0.15) is 27.8 Å². The Labute approximate surface area is 190 Å². The summed E-state index contributed by atoms with van der Waals surface area (Å²) in [5.41, 5.74) is 2.18. The molecule has 0 spiro atoms. The van der Waals surface area contributed by atoms with E-state index in [2.05, 4.69) is 10.2 Å². The monoisotopic (exact) mass is 472 g/mol. The first-order chi connectivity index (χ1) is 15.3. The Hall–Kier alpha value is -3.01. The second-order valence-electron chi connectivity index (χ2n) is 7.45. The minimum atomic E-state index is -3.70. The Balaban J connectivity index is 1.42. The zero-order chi connectivity index (χ0) is 22.9. The van der Waals surface area contributed by atoms with Crippen LogP contribution in [-0.2, 0) is 10.0 Å². The number of aromatic nitrogens is 2. The van der Waals surface area contributed by atoms with Crippen molar-refractivity contribution < 1.29 is 18.0 Å². The van der Waals surface area contributed by atoms with Crippen LogP contribution in [0.5, 0.6) is 0 Å². The third-order valence-electron chi connectivity index (χ3n) is 5.35. The maximum absolute atomic E-state index is 12.9. The summed E-state index contributed by atoms with van der Waals surface area (Å²) >= 11 is 6.02. The number of sulfonamides is 1. The summed E-state index contributed by atoms with van der Waals surface area (Å²) in [7, 11) is -3.70. The molecule has 1 amide bonds. The van der Waals surface area contributed by atoms with E-state index < -0.39 is 10.0 Å². The fraction of sp³-hybridized carbons (Fsp3) is 0.227. The zero-order valence-corrected chi connectivity index (χ0v) is 18.9. The molecule has 1 N–H and O–H groups in total. The third-order valence-corrected chi connectivity index (χ3v) is 7.50. The van der Waals surface area contributed by atoms with Gasteiger partial charge in [-0.15, -0.1) is 0 Å². The van der Waals surface area contributed by atoms with Crippen LogP contribution in [0.2, 0.25) is 5.02 Å². The number of hydrogen-bond acceptors (Lipinski definition) is 5. The molecule has 32 heavy (non-hydrogen) atoms. The van der Waals surface area contributed by atoms with E-state index in [4.69, 9.17) is 11.6 Å². The van der Waals surface area contributed by atoms with Gasteiger partial charge < -0.3 is 4.90 Å². The van der Waals surface area contributed by atoms with E-state index >= 15 is 0 Å². The molecule has 1 fully saturated rings. The maximum Gasteiger partial charge on any atom is 0.271 e. The number of carbonyl (C=O) groups is 2. The summed E-state index contributed by atoms with van der Waals surface area (Å²) in [6, 6.07) is 14.7. The van der Waals surface area contributed by atoms with Gasteiger partial charge in [-0.25, -0.2) is 8.42 Å². The lowest BCUT2D eigenvalue weighted by molar-refractivity contribution is 0.0692. The van der Waals surface area contributed by atoms with E-state index in [1.54, 1.807) is 29.2 Å². The summed E-state index contributed by atoms with van der Waals surface area (Å²) < 4.78 is 27.2. The number of nitrogens with zero attached hydrogens (tertiary/aromatic N) is 3. The van der Waals surface area contributed by atoms with Gasteiger partial charge in [-0.1, -0.05) is 35.9 Å². The molecule has 0 atom stereocenters. The molecule has 0 saturated carbocycles. The van der Waals surface area contributed by atoms with E-state index in [9.17, 15) is 18.0 Å². The van der Waals surface area contributed by atoms with Crippen molar-refractivity contribution in [2.75, 3.05) is 26.2 Å². The van der Waals surface area contributed by atoms with Crippen molar-refractivity contribution in [2.45, 2.75) is 11.8 Å². The number of hydrogen-bond donors (Lipinski definition) is 1. The van der Waals surface area contributed by atoms with Gasteiger partial charge in [0.2, 0.25) is 10.0 Å². The number of H-pyrrole nitrogens is 1. The Kier molecular flexibility index (Phi) is 6.14. The van der Waals surface area contributed by atoms with Gasteiger partial charge in [0.1, 0.15) is 5.69 Å². The molecule has 10 heteroatoms. The number of amides is 1. The van der Waals surface area contributed by atoms with E-state index in [-0.39, 0.29) is 42.8 Å². The van der Waals surface area contributed by atoms with Crippen molar-refractivity contribution in [1.29, 1.82) is 0 Å². The number of carbonyl (C=O) groups excluding carboxylic acids is 2. The lowest BCUT2D eigenvalue weighted by Gasteiger charge is -2.33. The number of rotatable bonds is 5. The van der Waals surface area contributed by atoms with Crippen LogP contribution in [0.25, 0.3) is 11.3 Å². The van der Waals surface area contributed by atoms with Gasteiger partial charge in [-0.05, 0) is 37.3 Å². The van der Waals surface area contributed by atoms with Gasteiger partial charge >= 0.3 is 0 Å². The predicted octanol–water partition coefficient (Wildman–Crippen LogP) is 3.08. The van der Waals surface area contributed by atoms with Gasteiger partial charge in [0.15, 0.2) is 5.78 Å². The van der Waals surface area contributed by atoms with Gasteiger partial charge in [0.05, 0.1) is 10.6 Å². The quantitative estimate of drug-likeness (QED) is 0.575. The molecule has 3 aromatic rings. The highest BCUT2D eigenvalue weighted by Gasteiger charge is 2.31. The van der Waals surface area contributed by atoms with Crippen molar-refractivity contribution in [2.24, 2.45) is 0 Å². The molecule has 0 radical (unpaired) electrons. The molecule has 1 aromatic heterocycles. The first kappa shape index (κ1) is 22.2. The predicted molar refractivity (Wildman–Crippen MR) is 120 cm³/mol. The first-order valence-electron chi connectivity index (χ1n) is 9.97. The number of ketones is 1. The van der Waals surface area contributed by atoms with E-state index in [0.717, 1.165) is 5.56 Å². The minimum Gasteiger partial charge on any atom is -0.335 e. The smallest absolute Gasteiger partial charge is 0.271 e. The molecule has 8 nitrogen and oxygen atoms in total. The molecule has 1 aliphatic heterocycles. The molecular weight excluding hydrogens is 452 g/mol.